The molecule has 7 heteroatoms. The number of hydrogen-bond donors (Lipinski definition) is 1. The lowest BCUT2D eigenvalue weighted by molar-refractivity contribution is 0.155. The minimum atomic E-state index is -3.32. The van der Waals surface area contributed by atoms with Crippen LogP contribution in [0.2, 0.25) is 0 Å². The standard InChI is InChI=1S/C12H26N4O2S/c1-11-9-14(2)6-7-16(11)19(17,18)15-5-3-4-12(8-13)10-15/h11-12H,3-10,13H2,1-2H3. The van der Waals surface area contributed by atoms with E-state index < -0.39 is 10.2 Å². The fourth-order valence-electron chi connectivity index (χ4n) is 3.04. The van der Waals surface area contributed by atoms with Crippen LogP contribution in [0.1, 0.15) is 19.8 Å². The van der Waals surface area contributed by atoms with E-state index in [-0.39, 0.29) is 6.04 Å². The zero-order valence-corrected chi connectivity index (χ0v) is 12.8. The lowest BCUT2D eigenvalue weighted by atomic mass is 10.0. The van der Waals surface area contributed by atoms with Gasteiger partial charge in [-0.15, -0.1) is 0 Å². The maximum absolute atomic E-state index is 12.7. The van der Waals surface area contributed by atoms with E-state index in [1.165, 1.54) is 0 Å². The Labute approximate surface area is 116 Å². The van der Waals surface area contributed by atoms with Gasteiger partial charge in [-0.1, -0.05) is 0 Å². The average Bonchev–Trinajstić information content (AvgIpc) is 2.38. The highest BCUT2D eigenvalue weighted by molar-refractivity contribution is 7.86. The second-order valence-corrected chi connectivity index (χ2v) is 7.71. The number of rotatable bonds is 3. The third kappa shape index (κ3) is 3.28. The molecule has 6 nitrogen and oxygen atoms in total. The number of nitrogens with zero attached hydrogens (tertiary/aromatic N) is 3. The van der Waals surface area contributed by atoms with E-state index in [1.54, 1.807) is 8.61 Å². The molecule has 0 amide bonds. The Kier molecular flexibility index (Phi) is 4.84. The number of hydrogen-bond acceptors (Lipinski definition) is 4. The first-order valence-corrected chi connectivity index (χ1v) is 8.50. The minimum absolute atomic E-state index is 0.0435. The predicted molar refractivity (Wildman–Crippen MR) is 75.9 cm³/mol. The Morgan fingerprint density at radius 3 is 2.58 bits per heavy atom. The Morgan fingerprint density at radius 2 is 1.95 bits per heavy atom. The molecule has 0 aromatic carbocycles. The molecule has 2 N–H and O–H groups in total. The van der Waals surface area contributed by atoms with E-state index in [1.807, 2.05) is 14.0 Å². The maximum atomic E-state index is 12.7. The summed E-state index contributed by atoms with van der Waals surface area (Å²) >= 11 is 0. The fraction of sp³-hybridized carbons (Fsp3) is 1.00. The smallest absolute Gasteiger partial charge is 0.282 e. The van der Waals surface area contributed by atoms with Gasteiger partial charge in [0.1, 0.15) is 0 Å². The van der Waals surface area contributed by atoms with Crippen molar-refractivity contribution >= 4 is 10.2 Å². The monoisotopic (exact) mass is 290 g/mol. The highest BCUT2D eigenvalue weighted by atomic mass is 32.2. The normalized spacial score (nSPS) is 32.6. The van der Waals surface area contributed by atoms with Crippen molar-refractivity contribution in [2.45, 2.75) is 25.8 Å². The summed E-state index contributed by atoms with van der Waals surface area (Å²) in [5.74, 6) is 0.311. The van der Waals surface area contributed by atoms with Gasteiger partial charge in [0.15, 0.2) is 0 Å². The number of likely N-dealkylation sites (N-methyl/N-ethyl adjacent to an activating group) is 1. The molecule has 2 saturated heterocycles. The number of nitrogens with two attached hydrogens (primary N) is 1. The van der Waals surface area contributed by atoms with E-state index in [9.17, 15) is 8.42 Å². The van der Waals surface area contributed by atoms with Crippen molar-refractivity contribution in [1.29, 1.82) is 0 Å². The second kappa shape index (κ2) is 6.05. The molecular formula is C12H26N4O2S. The Hall–Kier alpha value is -0.210. The van der Waals surface area contributed by atoms with Crippen LogP contribution in [0.15, 0.2) is 0 Å². The zero-order chi connectivity index (χ0) is 14.0. The highest BCUT2D eigenvalue weighted by Gasteiger charge is 2.37. The molecule has 0 saturated carbocycles. The maximum Gasteiger partial charge on any atom is 0.282 e. The molecule has 2 rings (SSSR count). The summed E-state index contributed by atoms with van der Waals surface area (Å²) in [5.41, 5.74) is 5.69. The first-order chi connectivity index (χ1) is 8.95. The molecule has 2 fully saturated rings. The van der Waals surface area contributed by atoms with Gasteiger partial charge in [0, 0.05) is 38.8 Å². The van der Waals surface area contributed by atoms with Crippen LogP contribution in [0.25, 0.3) is 0 Å². The van der Waals surface area contributed by atoms with Gasteiger partial charge < -0.3 is 10.6 Å². The molecule has 0 aliphatic carbocycles. The van der Waals surface area contributed by atoms with Gasteiger partial charge in [-0.25, -0.2) is 0 Å². The molecule has 2 aliphatic rings. The van der Waals surface area contributed by atoms with Crippen LogP contribution in [0.3, 0.4) is 0 Å². The van der Waals surface area contributed by atoms with E-state index in [0.717, 1.165) is 25.9 Å². The van der Waals surface area contributed by atoms with Crippen molar-refractivity contribution in [3.63, 3.8) is 0 Å². The van der Waals surface area contributed by atoms with Crippen LogP contribution in [-0.2, 0) is 10.2 Å². The third-order valence-corrected chi connectivity index (χ3v) is 6.33. The number of piperidine rings is 1. The van der Waals surface area contributed by atoms with Crippen LogP contribution in [0.4, 0.5) is 0 Å². The van der Waals surface area contributed by atoms with Gasteiger partial charge in [0.05, 0.1) is 0 Å². The Balaban J connectivity index is 2.08. The largest absolute Gasteiger partial charge is 0.330 e. The summed E-state index contributed by atoms with van der Waals surface area (Å²) in [6, 6.07) is 0.0435. The van der Waals surface area contributed by atoms with E-state index in [4.69, 9.17) is 5.73 Å². The van der Waals surface area contributed by atoms with E-state index >= 15 is 0 Å². The molecule has 0 bridgehead atoms. The van der Waals surface area contributed by atoms with Crippen molar-refractivity contribution in [3.05, 3.63) is 0 Å². The average molecular weight is 290 g/mol. The van der Waals surface area contributed by atoms with Crippen molar-refractivity contribution < 1.29 is 8.42 Å². The van der Waals surface area contributed by atoms with Gasteiger partial charge in [0.25, 0.3) is 10.2 Å². The minimum Gasteiger partial charge on any atom is -0.330 e. The lowest BCUT2D eigenvalue weighted by Gasteiger charge is -2.41. The summed E-state index contributed by atoms with van der Waals surface area (Å²) < 4.78 is 28.7. The Bertz CT molecular complexity index is 401. The molecule has 112 valence electrons. The first kappa shape index (κ1) is 15.2. The van der Waals surface area contributed by atoms with E-state index in [2.05, 4.69) is 4.90 Å². The van der Waals surface area contributed by atoms with E-state index in [0.29, 0.717) is 32.1 Å². The molecule has 2 atom stereocenters. The van der Waals surface area contributed by atoms with Crippen molar-refractivity contribution in [3.8, 4) is 0 Å². The number of piperazine rings is 1. The van der Waals surface area contributed by atoms with Crippen LogP contribution in [-0.4, -0.2) is 74.3 Å². The molecular weight excluding hydrogens is 264 g/mol. The highest BCUT2D eigenvalue weighted by Crippen LogP contribution is 2.23. The van der Waals surface area contributed by atoms with Gasteiger partial charge in [0.2, 0.25) is 0 Å². The molecule has 0 aromatic rings. The summed E-state index contributed by atoms with van der Waals surface area (Å²) in [7, 11) is -1.28. The molecule has 0 spiro atoms. The summed E-state index contributed by atoms with van der Waals surface area (Å²) in [6.45, 7) is 5.96. The molecule has 2 heterocycles. The molecule has 0 aromatic heterocycles. The Morgan fingerprint density at radius 1 is 1.21 bits per heavy atom. The van der Waals surface area contributed by atoms with Crippen LogP contribution in [0, 0.1) is 5.92 Å². The third-order valence-electron chi connectivity index (χ3n) is 4.21. The van der Waals surface area contributed by atoms with Crippen LogP contribution in [0.5, 0.6) is 0 Å². The van der Waals surface area contributed by atoms with Crippen molar-refractivity contribution in [2.75, 3.05) is 46.3 Å². The van der Waals surface area contributed by atoms with Gasteiger partial charge >= 0.3 is 0 Å². The van der Waals surface area contributed by atoms with Gasteiger partial charge in [-0.3, -0.25) is 0 Å². The topological polar surface area (TPSA) is 69.9 Å². The zero-order valence-electron chi connectivity index (χ0n) is 12.0. The SMILES string of the molecule is CC1CN(C)CCN1S(=O)(=O)N1CCCC(CN)C1. The van der Waals surface area contributed by atoms with Crippen LogP contribution < -0.4 is 5.73 Å². The quantitative estimate of drug-likeness (QED) is 0.763. The van der Waals surface area contributed by atoms with Crippen molar-refractivity contribution in [1.82, 2.24) is 13.5 Å². The second-order valence-electron chi connectivity index (χ2n) is 5.83. The van der Waals surface area contributed by atoms with Gasteiger partial charge in [-0.05, 0) is 39.3 Å². The predicted octanol–water partition coefficient (Wildman–Crippen LogP) is -0.462. The van der Waals surface area contributed by atoms with Gasteiger partial charge in [-0.2, -0.15) is 17.0 Å². The molecule has 2 unspecified atom stereocenters. The molecule has 19 heavy (non-hydrogen) atoms. The summed E-state index contributed by atoms with van der Waals surface area (Å²) in [6.07, 6.45) is 1.96. The fourth-order valence-corrected chi connectivity index (χ4v) is 4.93. The van der Waals surface area contributed by atoms with Crippen molar-refractivity contribution in [2.24, 2.45) is 11.7 Å². The molecule has 0 radical (unpaired) electrons. The summed E-state index contributed by atoms with van der Waals surface area (Å²) in [4.78, 5) is 2.18. The first-order valence-electron chi connectivity index (χ1n) is 7.10. The molecule has 2 aliphatic heterocycles. The summed E-state index contributed by atoms with van der Waals surface area (Å²) in [5, 5.41) is 0. The van der Waals surface area contributed by atoms with Crippen LogP contribution >= 0.6 is 0 Å². The lowest BCUT2D eigenvalue weighted by Crippen LogP contribution is -2.57.